The van der Waals surface area contributed by atoms with Gasteiger partial charge in [-0.15, -0.1) is 0 Å². The van der Waals surface area contributed by atoms with Crippen molar-refractivity contribution in [1.82, 2.24) is 14.9 Å². The maximum atomic E-state index is 9.02. The first-order chi connectivity index (χ1) is 17.1. The third kappa shape index (κ3) is 5.31. The minimum atomic E-state index is 0.618. The lowest BCUT2D eigenvalue weighted by Gasteiger charge is -2.37. The maximum absolute atomic E-state index is 9.02. The van der Waals surface area contributed by atoms with Gasteiger partial charge >= 0.3 is 0 Å². The van der Waals surface area contributed by atoms with Crippen molar-refractivity contribution >= 4 is 28.8 Å². The van der Waals surface area contributed by atoms with Crippen molar-refractivity contribution in [3.8, 4) is 6.07 Å². The summed E-state index contributed by atoms with van der Waals surface area (Å²) in [6.07, 6.45) is 1.90. The summed E-state index contributed by atoms with van der Waals surface area (Å²) < 4.78 is 0. The molecule has 2 saturated heterocycles. The van der Waals surface area contributed by atoms with Gasteiger partial charge < -0.3 is 24.9 Å². The number of nitriles is 1. The molecule has 2 aliphatic heterocycles. The lowest BCUT2D eigenvalue weighted by molar-refractivity contribution is 0.313. The lowest BCUT2D eigenvalue weighted by atomic mass is 10.2. The lowest BCUT2D eigenvalue weighted by Crippen LogP contribution is -2.47. The molecular weight excluding hydrogens is 436 g/mol. The van der Waals surface area contributed by atoms with Gasteiger partial charge in [0, 0.05) is 81.2 Å². The molecule has 0 bridgehead atoms. The highest BCUT2D eigenvalue weighted by molar-refractivity contribution is 5.61. The van der Waals surface area contributed by atoms with Gasteiger partial charge in [0.05, 0.1) is 11.6 Å². The zero-order valence-corrected chi connectivity index (χ0v) is 20.5. The monoisotopic (exact) mass is 468 g/mol. The maximum Gasteiger partial charge on any atom is 0.229 e. The van der Waals surface area contributed by atoms with Gasteiger partial charge in [0.25, 0.3) is 0 Å². The first-order valence-electron chi connectivity index (χ1n) is 12.2. The van der Waals surface area contributed by atoms with Crippen LogP contribution in [0.1, 0.15) is 11.1 Å². The molecular formula is C27H32N8. The van der Waals surface area contributed by atoms with E-state index in [4.69, 9.17) is 10.2 Å². The fraction of sp³-hybridized carbons (Fsp3) is 0.370. The quantitative estimate of drug-likeness (QED) is 0.610. The first kappa shape index (κ1) is 22.9. The molecule has 3 aromatic rings. The van der Waals surface area contributed by atoms with Crippen LogP contribution in [0.5, 0.6) is 0 Å². The van der Waals surface area contributed by atoms with Crippen LogP contribution in [-0.4, -0.2) is 74.3 Å². The van der Waals surface area contributed by atoms with Gasteiger partial charge in [0.2, 0.25) is 5.95 Å². The molecule has 0 amide bonds. The SMILES string of the molecule is Cc1cnc(Nc2ccc(N3CCN(C)CC3)cc2)nc1N1CCN(c2ccc(C#N)cc2)CC1. The van der Waals surface area contributed by atoms with E-state index in [0.29, 0.717) is 11.5 Å². The van der Waals surface area contributed by atoms with Gasteiger partial charge in [-0.25, -0.2) is 4.98 Å². The van der Waals surface area contributed by atoms with Crippen molar-refractivity contribution in [1.29, 1.82) is 5.26 Å². The fourth-order valence-corrected chi connectivity index (χ4v) is 4.69. The Bertz CT molecular complexity index is 1170. The molecule has 2 aliphatic rings. The summed E-state index contributed by atoms with van der Waals surface area (Å²) in [5.74, 6) is 1.60. The number of hydrogen-bond acceptors (Lipinski definition) is 8. The highest BCUT2D eigenvalue weighted by Crippen LogP contribution is 2.25. The molecule has 0 aliphatic carbocycles. The second kappa shape index (κ2) is 10.2. The molecule has 8 nitrogen and oxygen atoms in total. The molecule has 0 spiro atoms. The minimum Gasteiger partial charge on any atom is -0.369 e. The predicted molar refractivity (Wildman–Crippen MR) is 142 cm³/mol. The van der Waals surface area contributed by atoms with Gasteiger partial charge in [-0.05, 0) is 62.5 Å². The molecule has 180 valence electrons. The van der Waals surface area contributed by atoms with Crippen molar-refractivity contribution in [3.63, 3.8) is 0 Å². The Morgan fingerprint density at radius 3 is 1.91 bits per heavy atom. The molecule has 35 heavy (non-hydrogen) atoms. The van der Waals surface area contributed by atoms with E-state index in [2.05, 4.69) is 74.2 Å². The van der Waals surface area contributed by atoms with E-state index in [0.717, 1.165) is 75.1 Å². The van der Waals surface area contributed by atoms with E-state index in [-0.39, 0.29) is 0 Å². The number of benzene rings is 2. The Morgan fingerprint density at radius 2 is 1.31 bits per heavy atom. The van der Waals surface area contributed by atoms with Crippen LogP contribution >= 0.6 is 0 Å². The molecule has 2 fully saturated rings. The largest absolute Gasteiger partial charge is 0.369 e. The third-order valence-corrected chi connectivity index (χ3v) is 6.88. The van der Waals surface area contributed by atoms with Crippen LogP contribution in [0.3, 0.4) is 0 Å². The summed E-state index contributed by atoms with van der Waals surface area (Å²) in [6.45, 7) is 9.98. The summed E-state index contributed by atoms with van der Waals surface area (Å²) >= 11 is 0. The van der Waals surface area contributed by atoms with Crippen LogP contribution < -0.4 is 20.0 Å². The molecule has 1 aromatic heterocycles. The standard InChI is InChI=1S/C27H32N8/c1-21-20-29-27(30-23-5-9-25(10-6-23)33-13-11-32(2)12-14-33)31-26(21)35-17-15-34(16-18-35)24-7-3-22(19-28)4-8-24/h3-10,20H,11-18H2,1-2H3,(H,29,30,31). The van der Waals surface area contributed by atoms with Gasteiger partial charge in [-0.2, -0.15) is 10.2 Å². The Morgan fingerprint density at radius 1 is 0.771 bits per heavy atom. The number of hydrogen-bond donors (Lipinski definition) is 1. The molecule has 0 atom stereocenters. The highest BCUT2D eigenvalue weighted by Gasteiger charge is 2.21. The number of aromatic nitrogens is 2. The summed E-state index contributed by atoms with van der Waals surface area (Å²) in [5.41, 5.74) is 5.17. The molecule has 0 radical (unpaired) electrons. The van der Waals surface area contributed by atoms with Crippen molar-refractivity contribution in [2.24, 2.45) is 0 Å². The highest BCUT2D eigenvalue weighted by atomic mass is 15.3. The van der Waals surface area contributed by atoms with Crippen LogP contribution in [0, 0.1) is 18.3 Å². The molecule has 1 N–H and O–H groups in total. The zero-order chi connectivity index (χ0) is 24.2. The van der Waals surface area contributed by atoms with Gasteiger partial charge in [0.15, 0.2) is 0 Å². The van der Waals surface area contributed by atoms with E-state index in [1.807, 2.05) is 30.5 Å². The Balaban J connectivity index is 1.22. The van der Waals surface area contributed by atoms with Crippen LogP contribution in [-0.2, 0) is 0 Å². The summed E-state index contributed by atoms with van der Waals surface area (Å²) in [6, 6.07) is 18.6. The number of piperazine rings is 2. The van der Waals surface area contributed by atoms with Crippen LogP contribution in [0.15, 0.2) is 54.7 Å². The Hall–Kier alpha value is -3.83. The van der Waals surface area contributed by atoms with Gasteiger partial charge in [-0.3, -0.25) is 0 Å². The van der Waals surface area contributed by atoms with E-state index in [1.165, 1.54) is 5.69 Å². The molecule has 8 heteroatoms. The Labute approximate surface area is 207 Å². The van der Waals surface area contributed by atoms with E-state index >= 15 is 0 Å². The van der Waals surface area contributed by atoms with Crippen LogP contribution in [0.2, 0.25) is 0 Å². The molecule has 2 aromatic carbocycles. The van der Waals surface area contributed by atoms with Gasteiger partial charge in [0.1, 0.15) is 5.82 Å². The van der Waals surface area contributed by atoms with Crippen molar-refractivity contribution in [2.45, 2.75) is 6.92 Å². The normalized spacial score (nSPS) is 16.8. The van der Waals surface area contributed by atoms with Crippen molar-refractivity contribution in [2.75, 3.05) is 79.4 Å². The first-order valence-corrected chi connectivity index (χ1v) is 12.2. The average Bonchev–Trinajstić information content (AvgIpc) is 2.91. The zero-order valence-electron chi connectivity index (χ0n) is 20.5. The number of nitrogens with zero attached hydrogens (tertiary/aromatic N) is 7. The van der Waals surface area contributed by atoms with Crippen LogP contribution in [0.25, 0.3) is 0 Å². The average molecular weight is 469 g/mol. The van der Waals surface area contributed by atoms with E-state index in [9.17, 15) is 0 Å². The van der Waals surface area contributed by atoms with Crippen molar-refractivity contribution in [3.05, 3.63) is 65.9 Å². The second-order valence-corrected chi connectivity index (χ2v) is 9.30. The molecule has 5 rings (SSSR count). The molecule has 0 unspecified atom stereocenters. The predicted octanol–water partition coefficient (Wildman–Crippen LogP) is 3.48. The third-order valence-electron chi connectivity index (χ3n) is 6.88. The summed E-state index contributed by atoms with van der Waals surface area (Å²) in [4.78, 5) is 18.9. The second-order valence-electron chi connectivity index (χ2n) is 9.30. The minimum absolute atomic E-state index is 0.618. The number of rotatable bonds is 5. The Kier molecular flexibility index (Phi) is 6.68. The smallest absolute Gasteiger partial charge is 0.229 e. The summed E-state index contributed by atoms with van der Waals surface area (Å²) in [7, 11) is 2.18. The number of nitrogens with one attached hydrogen (secondary N) is 1. The molecule has 0 saturated carbocycles. The number of likely N-dealkylation sites (N-methyl/N-ethyl adjacent to an activating group) is 1. The van der Waals surface area contributed by atoms with Gasteiger partial charge in [-0.1, -0.05) is 0 Å². The topological polar surface area (TPSA) is 74.6 Å². The fourth-order valence-electron chi connectivity index (χ4n) is 4.69. The van der Waals surface area contributed by atoms with Crippen LogP contribution in [0.4, 0.5) is 28.8 Å². The molecule has 3 heterocycles. The number of aryl methyl sites for hydroxylation is 1. The number of anilines is 5. The van der Waals surface area contributed by atoms with Crippen molar-refractivity contribution < 1.29 is 0 Å². The van der Waals surface area contributed by atoms with E-state index in [1.54, 1.807) is 0 Å². The van der Waals surface area contributed by atoms with E-state index < -0.39 is 0 Å². The summed E-state index contributed by atoms with van der Waals surface area (Å²) in [5, 5.41) is 12.4.